The van der Waals surface area contributed by atoms with Crippen LogP contribution in [0.3, 0.4) is 0 Å². The van der Waals surface area contributed by atoms with Crippen molar-refractivity contribution in [2.45, 2.75) is 58.0 Å². The summed E-state index contributed by atoms with van der Waals surface area (Å²) in [5.41, 5.74) is 6.12. The van der Waals surface area contributed by atoms with Gasteiger partial charge in [-0.3, -0.25) is 0 Å². The Hall–Kier alpha value is -0.0800. The van der Waals surface area contributed by atoms with Crippen molar-refractivity contribution < 1.29 is 0 Å². The van der Waals surface area contributed by atoms with Crippen LogP contribution in [0, 0.1) is 5.92 Å². The van der Waals surface area contributed by atoms with Crippen molar-refractivity contribution in [3.05, 3.63) is 0 Å². The molecule has 0 bridgehead atoms. The summed E-state index contributed by atoms with van der Waals surface area (Å²) in [5, 5.41) is 0. The van der Waals surface area contributed by atoms with Gasteiger partial charge in [0.1, 0.15) is 0 Å². The summed E-state index contributed by atoms with van der Waals surface area (Å²) in [4.78, 5) is 2.52. The molecule has 1 saturated heterocycles. The highest BCUT2D eigenvalue weighted by Crippen LogP contribution is 2.33. The smallest absolute Gasteiger partial charge is 0.0135 e. The molecule has 1 heterocycles. The molecule has 2 aliphatic rings. The topological polar surface area (TPSA) is 29.3 Å². The summed E-state index contributed by atoms with van der Waals surface area (Å²) in [6.45, 7) is 5.29. The van der Waals surface area contributed by atoms with Gasteiger partial charge in [-0.15, -0.1) is 0 Å². The third-order valence-corrected chi connectivity index (χ3v) is 3.70. The van der Waals surface area contributed by atoms with E-state index in [-0.39, 0.29) is 0 Å². The average Bonchev–Trinajstić information content (AvgIpc) is 2.23. The quantitative estimate of drug-likeness (QED) is 0.647. The maximum Gasteiger partial charge on any atom is 0.0135 e. The van der Waals surface area contributed by atoms with E-state index in [9.17, 15) is 0 Å². The predicted molar refractivity (Wildman–Crippen MR) is 62.3 cm³/mol. The molecule has 1 aliphatic heterocycles. The van der Waals surface area contributed by atoms with Crippen LogP contribution in [0.25, 0.3) is 0 Å². The van der Waals surface area contributed by atoms with E-state index in [1.165, 1.54) is 38.6 Å². The molecule has 2 fully saturated rings. The van der Waals surface area contributed by atoms with Crippen LogP contribution in [-0.2, 0) is 0 Å². The standard InChI is InChI=1S/C10H20N2.C2H6/c1-12-7-3-4-8-9(11)5-2-6-10(8)12;1-2/h8-10H,2-7,11H2,1H3;1-2H3. The Bertz CT molecular complexity index is 140. The van der Waals surface area contributed by atoms with Crippen LogP contribution in [0.4, 0.5) is 0 Å². The summed E-state index contributed by atoms with van der Waals surface area (Å²) < 4.78 is 0. The van der Waals surface area contributed by atoms with Gasteiger partial charge in [0.15, 0.2) is 0 Å². The Morgan fingerprint density at radius 1 is 1.07 bits per heavy atom. The molecular weight excluding hydrogens is 172 g/mol. The van der Waals surface area contributed by atoms with Crippen LogP contribution in [0.5, 0.6) is 0 Å². The van der Waals surface area contributed by atoms with Crippen molar-refractivity contribution >= 4 is 0 Å². The molecule has 0 radical (unpaired) electrons. The minimum Gasteiger partial charge on any atom is -0.327 e. The van der Waals surface area contributed by atoms with Gasteiger partial charge < -0.3 is 10.6 Å². The summed E-state index contributed by atoms with van der Waals surface area (Å²) in [5.74, 6) is 0.803. The second kappa shape index (κ2) is 5.72. The van der Waals surface area contributed by atoms with E-state index in [1.54, 1.807) is 0 Å². The first kappa shape index (κ1) is 12.0. The van der Waals surface area contributed by atoms with Gasteiger partial charge in [-0.25, -0.2) is 0 Å². The third-order valence-electron chi connectivity index (χ3n) is 3.70. The van der Waals surface area contributed by atoms with Crippen LogP contribution < -0.4 is 5.73 Å². The zero-order valence-electron chi connectivity index (χ0n) is 10.00. The number of nitrogens with two attached hydrogens (primary N) is 1. The SMILES string of the molecule is CC.CN1CCCC2C(N)CCCC21. The fraction of sp³-hybridized carbons (Fsp3) is 1.00. The van der Waals surface area contributed by atoms with E-state index in [0.717, 1.165) is 12.0 Å². The molecule has 0 aromatic carbocycles. The van der Waals surface area contributed by atoms with E-state index < -0.39 is 0 Å². The fourth-order valence-corrected chi connectivity index (χ4v) is 2.97. The Morgan fingerprint density at radius 2 is 1.79 bits per heavy atom. The predicted octanol–water partition coefficient (Wildman–Crippen LogP) is 2.23. The van der Waals surface area contributed by atoms with Gasteiger partial charge in [0, 0.05) is 12.1 Å². The van der Waals surface area contributed by atoms with Crippen molar-refractivity contribution in [1.29, 1.82) is 0 Å². The second-order valence-corrected chi connectivity index (χ2v) is 4.45. The molecule has 0 aromatic heterocycles. The lowest BCUT2D eigenvalue weighted by molar-refractivity contribution is 0.0703. The van der Waals surface area contributed by atoms with E-state index >= 15 is 0 Å². The lowest BCUT2D eigenvalue weighted by atomic mass is 9.75. The second-order valence-electron chi connectivity index (χ2n) is 4.45. The van der Waals surface area contributed by atoms with Gasteiger partial charge in [-0.1, -0.05) is 20.3 Å². The number of nitrogens with zero attached hydrogens (tertiary/aromatic N) is 1. The zero-order valence-corrected chi connectivity index (χ0v) is 10.00. The lowest BCUT2D eigenvalue weighted by Crippen LogP contribution is -2.52. The van der Waals surface area contributed by atoms with E-state index in [2.05, 4.69) is 11.9 Å². The minimum absolute atomic E-state index is 0.492. The molecule has 2 heteroatoms. The van der Waals surface area contributed by atoms with E-state index in [4.69, 9.17) is 5.73 Å². The van der Waals surface area contributed by atoms with E-state index in [0.29, 0.717) is 6.04 Å². The summed E-state index contributed by atoms with van der Waals surface area (Å²) in [6, 6.07) is 1.30. The molecule has 1 saturated carbocycles. The summed E-state index contributed by atoms with van der Waals surface area (Å²) in [6.07, 6.45) is 6.71. The first-order valence-corrected chi connectivity index (χ1v) is 6.25. The van der Waals surface area contributed by atoms with Gasteiger partial charge in [0.25, 0.3) is 0 Å². The van der Waals surface area contributed by atoms with Crippen LogP contribution in [0.1, 0.15) is 46.0 Å². The molecule has 0 amide bonds. The summed E-state index contributed by atoms with van der Waals surface area (Å²) in [7, 11) is 2.26. The van der Waals surface area contributed by atoms with Gasteiger partial charge in [-0.2, -0.15) is 0 Å². The number of hydrogen-bond acceptors (Lipinski definition) is 2. The molecule has 2 N–H and O–H groups in total. The van der Waals surface area contributed by atoms with Crippen LogP contribution in [-0.4, -0.2) is 30.6 Å². The number of likely N-dealkylation sites (tertiary alicyclic amines) is 1. The van der Waals surface area contributed by atoms with E-state index in [1.807, 2.05) is 13.8 Å². The molecule has 2 nitrogen and oxygen atoms in total. The van der Waals surface area contributed by atoms with Crippen molar-refractivity contribution in [2.75, 3.05) is 13.6 Å². The van der Waals surface area contributed by atoms with Gasteiger partial charge in [0.2, 0.25) is 0 Å². The maximum absolute atomic E-state index is 6.12. The van der Waals surface area contributed by atoms with Crippen LogP contribution in [0.2, 0.25) is 0 Å². The normalized spacial score (nSPS) is 38.1. The molecule has 14 heavy (non-hydrogen) atoms. The minimum atomic E-state index is 0.492. The van der Waals surface area contributed by atoms with Crippen molar-refractivity contribution in [1.82, 2.24) is 4.90 Å². The largest absolute Gasteiger partial charge is 0.327 e. The Labute approximate surface area is 88.8 Å². The first-order chi connectivity index (χ1) is 6.79. The van der Waals surface area contributed by atoms with Crippen LogP contribution >= 0.6 is 0 Å². The highest BCUT2D eigenvalue weighted by molar-refractivity contribution is 4.92. The lowest BCUT2D eigenvalue weighted by Gasteiger charge is -2.45. The number of fused-ring (bicyclic) bond motifs is 1. The van der Waals surface area contributed by atoms with Gasteiger partial charge in [0.05, 0.1) is 0 Å². The van der Waals surface area contributed by atoms with Crippen LogP contribution in [0.15, 0.2) is 0 Å². The molecule has 1 aliphatic carbocycles. The van der Waals surface area contributed by atoms with Gasteiger partial charge >= 0.3 is 0 Å². The van der Waals surface area contributed by atoms with Crippen molar-refractivity contribution in [3.8, 4) is 0 Å². The Balaban J connectivity index is 0.000000461. The molecule has 3 unspecified atom stereocenters. The number of rotatable bonds is 0. The molecule has 0 aromatic rings. The molecule has 3 atom stereocenters. The average molecular weight is 198 g/mol. The molecule has 84 valence electrons. The first-order valence-electron chi connectivity index (χ1n) is 6.25. The third kappa shape index (κ3) is 2.48. The highest BCUT2D eigenvalue weighted by atomic mass is 15.1. The van der Waals surface area contributed by atoms with Crippen molar-refractivity contribution in [2.24, 2.45) is 11.7 Å². The Morgan fingerprint density at radius 3 is 2.43 bits per heavy atom. The monoisotopic (exact) mass is 198 g/mol. The maximum atomic E-state index is 6.12. The molecule has 2 rings (SSSR count). The molecule has 0 spiro atoms. The summed E-state index contributed by atoms with van der Waals surface area (Å²) >= 11 is 0. The van der Waals surface area contributed by atoms with Gasteiger partial charge in [-0.05, 0) is 45.2 Å². The zero-order chi connectivity index (χ0) is 10.6. The molecular formula is C12H26N2. The number of hydrogen-bond donors (Lipinski definition) is 1. The fourth-order valence-electron chi connectivity index (χ4n) is 2.97. The Kier molecular flexibility index (Phi) is 4.90. The number of piperidine rings is 1. The van der Waals surface area contributed by atoms with Crippen molar-refractivity contribution in [3.63, 3.8) is 0 Å². The highest BCUT2D eigenvalue weighted by Gasteiger charge is 2.35.